The Labute approximate surface area is 127 Å². The van der Waals surface area contributed by atoms with Crippen molar-refractivity contribution in [2.24, 2.45) is 5.92 Å². The molecule has 0 aliphatic carbocycles. The molecule has 1 amide bonds. The lowest BCUT2D eigenvalue weighted by atomic mass is 9.99. The molecular formula is C15H19ClF3NO. The van der Waals surface area contributed by atoms with Crippen molar-refractivity contribution in [2.45, 2.75) is 38.2 Å². The van der Waals surface area contributed by atoms with Gasteiger partial charge >= 0.3 is 6.18 Å². The van der Waals surface area contributed by atoms with E-state index in [0.717, 1.165) is 18.9 Å². The lowest BCUT2D eigenvalue weighted by Gasteiger charge is -2.20. The van der Waals surface area contributed by atoms with E-state index in [2.05, 4.69) is 5.32 Å². The maximum absolute atomic E-state index is 12.8. The molecule has 1 aromatic rings. The van der Waals surface area contributed by atoms with E-state index < -0.39 is 17.6 Å². The van der Waals surface area contributed by atoms with Gasteiger partial charge in [-0.05, 0) is 18.1 Å². The number of rotatable bonds is 6. The molecule has 6 heteroatoms. The van der Waals surface area contributed by atoms with E-state index in [1.807, 2.05) is 13.8 Å². The van der Waals surface area contributed by atoms with E-state index in [1.165, 1.54) is 18.2 Å². The van der Waals surface area contributed by atoms with E-state index in [0.29, 0.717) is 0 Å². The monoisotopic (exact) mass is 321 g/mol. The summed E-state index contributed by atoms with van der Waals surface area (Å²) in [6, 6.07) is 4.73. The molecule has 1 atom stereocenters. The Hall–Kier alpha value is -1.23. The van der Waals surface area contributed by atoms with Gasteiger partial charge in [0.25, 0.3) is 5.91 Å². The van der Waals surface area contributed by atoms with Gasteiger partial charge < -0.3 is 5.32 Å². The Kier molecular flexibility index (Phi) is 6.52. The topological polar surface area (TPSA) is 29.1 Å². The number of carbonyl (C=O) groups excluding carboxylic acids is 1. The molecule has 0 heterocycles. The molecule has 1 unspecified atom stereocenters. The minimum atomic E-state index is -4.55. The lowest BCUT2D eigenvalue weighted by molar-refractivity contribution is -0.137. The van der Waals surface area contributed by atoms with Crippen LogP contribution in [0, 0.1) is 5.92 Å². The van der Waals surface area contributed by atoms with Crippen molar-refractivity contribution in [1.29, 1.82) is 0 Å². The molecule has 0 spiro atoms. The van der Waals surface area contributed by atoms with Crippen LogP contribution in [0.5, 0.6) is 0 Å². The number of carbonyl (C=O) groups is 1. The first-order valence-electron chi connectivity index (χ1n) is 6.89. The molecule has 0 saturated carbocycles. The predicted octanol–water partition coefficient (Wildman–Crippen LogP) is 4.48. The smallest absolute Gasteiger partial charge is 0.351 e. The molecule has 2 nitrogen and oxygen atoms in total. The second kappa shape index (κ2) is 7.69. The van der Waals surface area contributed by atoms with E-state index in [9.17, 15) is 18.0 Å². The fourth-order valence-corrected chi connectivity index (χ4v) is 2.61. The van der Waals surface area contributed by atoms with Crippen LogP contribution in [-0.2, 0) is 6.18 Å². The molecule has 0 fully saturated rings. The molecule has 0 radical (unpaired) electrons. The van der Waals surface area contributed by atoms with Crippen LogP contribution in [-0.4, -0.2) is 17.8 Å². The summed E-state index contributed by atoms with van der Waals surface area (Å²) in [6.45, 7) is 4.13. The Morgan fingerprint density at radius 2 is 1.81 bits per heavy atom. The molecule has 21 heavy (non-hydrogen) atoms. The van der Waals surface area contributed by atoms with E-state index in [-0.39, 0.29) is 23.4 Å². The van der Waals surface area contributed by atoms with E-state index in [1.54, 1.807) is 0 Å². The highest BCUT2D eigenvalue weighted by Gasteiger charge is 2.34. The number of nitrogens with one attached hydrogen (secondary N) is 1. The van der Waals surface area contributed by atoms with Crippen molar-refractivity contribution in [3.05, 3.63) is 35.4 Å². The first kappa shape index (κ1) is 17.8. The molecule has 0 aromatic heterocycles. The molecular weight excluding hydrogens is 303 g/mol. The molecule has 0 saturated heterocycles. The van der Waals surface area contributed by atoms with Crippen molar-refractivity contribution in [1.82, 2.24) is 5.32 Å². The van der Waals surface area contributed by atoms with Gasteiger partial charge in [-0.25, -0.2) is 0 Å². The van der Waals surface area contributed by atoms with Crippen LogP contribution in [0.25, 0.3) is 0 Å². The lowest BCUT2D eigenvalue weighted by Crippen LogP contribution is -2.34. The third kappa shape index (κ3) is 4.92. The van der Waals surface area contributed by atoms with Crippen LogP contribution in [0.3, 0.4) is 0 Å². The maximum atomic E-state index is 12.8. The first-order chi connectivity index (χ1) is 9.81. The molecule has 0 aliphatic heterocycles. The first-order valence-corrected chi connectivity index (χ1v) is 7.33. The van der Waals surface area contributed by atoms with Gasteiger partial charge in [-0.15, -0.1) is 11.6 Å². The summed E-state index contributed by atoms with van der Waals surface area (Å²) in [5.41, 5.74) is -1.31. The summed E-state index contributed by atoms with van der Waals surface area (Å²) >= 11 is 6.17. The third-order valence-corrected chi connectivity index (χ3v) is 4.01. The summed E-state index contributed by atoms with van der Waals surface area (Å²) in [5.74, 6) is -0.524. The van der Waals surface area contributed by atoms with Crippen LogP contribution in [0.1, 0.15) is 42.6 Å². The number of benzene rings is 1. The van der Waals surface area contributed by atoms with Crippen molar-refractivity contribution in [2.75, 3.05) is 6.54 Å². The zero-order valence-electron chi connectivity index (χ0n) is 12.0. The second-order valence-corrected chi connectivity index (χ2v) is 5.41. The number of alkyl halides is 4. The number of halogens is 4. The molecule has 1 rings (SSSR count). The van der Waals surface area contributed by atoms with Crippen molar-refractivity contribution < 1.29 is 18.0 Å². The van der Waals surface area contributed by atoms with Gasteiger partial charge in [0.05, 0.1) is 16.5 Å². The SMILES string of the molecule is CCC(CC)C(Cl)CNC(=O)c1ccccc1C(F)(F)F. The summed E-state index contributed by atoms with van der Waals surface area (Å²) < 4.78 is 38.5. The largest absolute Gasteiger partial charge is 0.417 e. The highest BCUT2D eigenvalue weighted by molar-refractivity contribution is 6.21. The van der Waals surface area contributed by atoms with Crippen LogP contribution in [0.2, 0.25) is 0 Å². The normalized spacial score (nSPS) is 13.3. The third-order valence-electron chi connectivity index (χ3n) is 3.49. The molecule has 118 valence electrons. The fourth-order valence-electron chi connectivity index (χ4n) is 2.18. The molecule has 0 bridgehead atoms. The highest BCUT2D eigenvalue weighted by atomic mass is 35.5. The van der Waals surface area contributed by atoms with Crippen LogP contribution < -0.4 is 5.32 Å². The van der Waals surface area contributed by atoms with E-state index in [4.69, 9.17) is 11.6 Å². The van der Waals surface area contributed by atoms with Gasteiger partial charge in [0, 0.05) is 6.54 Å². The van der Waals surface area contributed by atoms with Crippen molar-refractivity contribution in [3.63, 3.8) is 0 Å². The molecule has 1 N–H and O–H groups in total. The van der Waals surface area contributed by atoms with Crippen molar-refractivity contribution in [3.8, 4) is 0 Å². The predicted molar refractivity (Wildman–Crippen MR) is 77.5 cm³/mol. The van der Waals surface area contributed by atoms with Gasteiger partial charge in [0.1, 0.15) is 0 Å². The van der Waals surface area contributed by atoms with Crippen LogP contribution >= 0.6 is 11.6 Å². The number of amides is 1. The fraction of sp³-hybridized carbons (Fsp3) is 0.533. The number of hydrogen-bond donors (Lipinski definition) is 1. The highest BCUT2D eigenvalue weighted by Crippen LogP contribution is 2.31. The Morgan fingerprint density at radius 1 is 1.24 bits per heavy atom. The maximum Gasteiger partial charge on any atom is 0.417 e. The summed E-state index contributed by atoms with van der Waals surface area (Å²) in [7, 11) is 0. The average molecular weight is 322 g/mol. The standard InChI is InChI=1S/C15H19ClF3NO/c1-3-10(4-2)13(16)9-20-14(21)11-7-5-6-8-12(11)15(17,18)19/h5-8,10,13H,3-4,9H2,1-2H3,(H,20,21). The quantitative estimate of drug-likeness (QED) is 0.769. The van der Waals surface area contributed by atoms with Crippen LogP contribution in [0.4, 0.5) is 13.2 Å². The zero-order chi connectivity index (χ0) is 16.0. The van der Waals surface area contributed by atoms with Gasteiger partial charge in [0.15, 0.2) is 0 Å². The Bertz CT molecular complexity index is 472. The van der Waals surface area contributed by atoms with Gasteiger partial charge in [-0.3, -0.25) is 4.79 Å². The molecule has 1 aromatic carbocycles. The van der Waals surface area contributed by atoms with E-state index >= 15 is 0 Å². The minimum absolute atomic E-state index is 0.152. The van der Waals surface area contributed by atoms with Crippen molar-refractivity contribution >= 4 is 17.5 Å². The molecule has 0 aliphatic rings. The average Bonchev–Trinajstić information content (AvgIpc) is 2.45. The Balaban J connectivity index is 2.78. The number of hydrogen-bond acceptors (Lipinski definition) is 1. The minimum Gasteiger partial charge on any atom is -0.351 e. The van der Waals surface area contributed by atoms with Gasteiger partial charge in [-0.1, -0.05) is 38.8 Å². The summed E-state index contributed by atoms with van der Waals surface area (Å²) in [6.07, 6.45) is -2.83. The van der Waals surface area contributed by atoms with Gasteiger partial charge in [-0.2, -0.15) is 13.2 Å². The van der Waals surface area contributed by atoms with Gasteiger partial charge in [0.2, 0.25) is 0 Å². The summed E-state index contributed by atoms with van der Waals surface area (Å²) in [5, 5.41) is 2.20. The zero-order valence-corrected chi connectivity index (χ0v) is 12.8. The summed E-state index contributed by atoms with van der Waals surface area (Å²) in [4.78, 5) is 11.9. The Morgan fingerprint density at radius 3 is 2.33 bits per heavy atom. The second-order valence-electron chi connectivity index (χ2n) is 4.85. The van der Waals surface area contributed by atoms with Crippen LogP contribution in [0.15, 0.2) is 24.3 Å².